The lowest BCUT2D eigenvalue weighted by Crippen LogP contribution is -2.50. The number of urea groups is 1. The van der Waals surface area contributed by atoms with Crippen molar-refractivity contribution in [2.45, 2.75) is 36.8 Å². The highest BCUT2D eigenvalue weighted by molar-refractivity contribution is 7.91. The van der Waals surface area contributed by atoms with Gasteiger partial charge < -0.3 is 16.0 Å². The first-order chi connectivity index (χ1) is 12.3. The van der Waals surface area contributed by atoms with E-state index in [1.54, 1.807) is 17.0 Å². The number of amides is 3. The summed E-state index contributed by atoms with van der Waals surface area (Å²) < 4.78 is 27.0. The zero-order chi connectivity index (χ0) is 19.2. The molecule has 26 heavy (non-hydrogen) atoms. The van der Waals surface area contributed by atoms with E-state index >= 15 is 0 Å². The number of rotatable bonds is 8. The Labute approximate surface area is 158 Å². The summed E-state index contributed by atoms with van der Waals surface area (Å²) in [5.41, 5.74) is 4.98. The van der Waals surface area contributed by atoms with Crippen LogP contribution in [-0.2, 0) is 14.8 Å². The molecule has 0 saturated carbocycles. The minimum absolute atomic E-state index is 0.0527. The Balaban J connectivity index is 1.72. The maximum absolute atomic E-state index is 12.6. The van der Waals surface area contributed by atoms with Crippen LogP contribution in [0, 0.1) is 6.92 Å². The molecule has 0 unspecified atom stereocenters. The van der Waals surface area contributed by atoms with E-state index in [0.717, 1.165) is 24.1 Å². The highest BCUT2D eigenvalue weighted by Crippen LogP contribution is 2.25. The summed E-state index contributed by atoms with van der Waals surface area (Å²) in [6.07, 6.45) is 2.79. The molecule has 1 aromatic rings. The predicted octanol–water partition coefficient (Wildman–Crippen LogP) is 1.12. The van der Waals surface area contributed by atoms with Crippen molar-refractivity contribution in [3.05, 3.63) is 17.0 Å². The number of nitrogens with two attached hydrogens (primary N) is 1. The summed E-state index contributed by atoms with van der Waals surface area (Å²) in [6, 6.07) is 2.91. The lowest BCUT2D eigenvalue weighted by Gasteiger charge is -2.33. The minimum Gasteiger partial charge on any atom is -0.352 e. The second-order valence-corrected chi connectivity index (χ2v) is 9.70. The number of hydrogen-bond donors (Lipinski definition) is 2. The highest BCUT2D eigenvalue weighted by Gasteiger charge is 2.30. The van der Waals surface area contributed by atoms with E-state index in [9.17, 15) is 18.0 Å². The molecule has 2 heterocycles. The molecule has 3 N–H and O–H groups in total. The smallest absolute Gasteiger partial charge is 0.312 e. The molecule has 0 atom stereocenters. The third-order valence-corrected chi connectivity index (χ3v) is 7.63. The fraction of sp³-hybridized carbons (Fsp3) is 0.625. The maximum atomic E-state index is 12.6. The molecule has 3 amide bonds. The molecule has 1 saturated heterocycles. The van der Waals surface area contributed by atoms with E-state index < -0.39 is 16.1 Å². The second-order valence-electron chi connectivity index (χ2n) is 6.25. The standard InChI is InChI=1S/C16H26N4O4S2/c1-13-6-7-15(25-13)26(23,24)20-11-9-19(10-12-20)14(21)5-3-2-4-8-18-16(17)22/h6-7H,2-5,8-12H2,1H3,(H3,17,18,22). The van der Waals surface area contributed by atoms with Crippen molar-refractivity contribution in [1.29, 1.82) is 0 Å². The number of nitrogens with one attached hydrogen (secondary N) is 1. The normalized spacial score (nSPS) is 15.8. The molecule has 1 aromatic heterocycles. The van der Waals surface area contributed by atoms with Crippen LogP contribution >= 0.6 is 11.3 Å². The Kier molecular flexibility index (Phi) is 7.42. The Bertz CT molecular complexity index is 724. The molecule has 10 heteroatoms. The molecular formula is C16H26N4O4S2. The SMILES string of the molecule is Cc1ccc(S(=O)(=O)N2CCN(C(=O)CCCCCNC(N)=O)CC2)s1. The van der Waals surface area contributed by atoms with Crippen LogP contribution in [0.3, 0.4) is 0 Å². The average molecular weight is 403 g/mol. The first-order valence-electron chi connectivity index (χ1n) is 8.68. The van der Waals surface area contributed by atoms with E-state index in [1.807, 2.05) is 6.92 Å². The van der Waals surface area contributed by atoms with Gasteiger partial charge in [0.1, 0.15) is 4.21 Å². The molecular weight excluding hydrogens is 376 g/mol. The number of piperazine rings is 1. The minimum atomic E-state index is -3.46. The highest BCUT2D eigenvalue weighted by atomic mass is 32.2. The first kappa shape index (κ1) is 20.7. The van der Waals surface area contributed by atoms with Gasteiger partial charge in [-0.2, -0.15) is 4.31 Å². The number of carbonyl (C=O) groups is 2. The van der Waals surface area contributed by atoms with Gasteiger partial charge in [0.2, 0.25) is 5.91 Å². The lowest BCUT2D eigenvalue weighted by atomic mass is 10.1. The van der Waals surface area contributed by atoms with Crippen LogP contribution in [0.2, 0.25) is 0 Å². The Morgan fingerprint density at radius 3 is 2.42 bits per heavy atom. The molecule has 0 aromatic carbocycles. The Hall–Kier alpha value is -1.65. The number of unbranched alkanes of at least 4 members (excludes halogenated alkanes) is 2. The molecule has 2 rings (SSSR count). The van der Waals surface area contributed by atoms with Gasteiger partial charge in [0, 0.05) is 44.0 Å². The van der Waals surface area contributed by atoms with Crippen molar-refractivity contribution >= 4 is 33.3 Å². The van der Waals surface area contributed by atoms with Crippen molar-refractivity contribution in [3.63, 3.8) is 0 Å². The lowest BCUT2D eigenvalue weighted by molar-refractivity contribution is -0.132. The number of nitrogens with zero attached hydrogens (tertiary/aromatic N) is 2. The molecule has 1 aliphatic rings. The van der Waals surface area contributed by atoms with Gasteiger partial charge in [-0.3, -0.25) is 4.79 Å². The van der Waals surface area contributed by atoms with E-state index in [0.29, 0.717) is 43.4 Å². The zero-order valence-electron chi connectivity index (χ0n) is 14.9. The third kappa shape index (κ3) is 5.68. The van der Waals surface area contributed by atoms with Gasteiger partial charge in [0.05, 0.1) is 0 Å². The second kappa shape index (κ2) is 9.33. The van der Waals surface area contributed by atoms with Gasteiger partial charge in [0.25, 0.3) is 10.0 Å². The van der Waals surface area contributed by atoms with Gasteiger partial charge in [-0.15, -0.1) is 11.3 Å². The van der Waals surface area contributed by atoms with Gasteiger partial charge >= 0.3 is 6.03 Å². The molecule has 0 aliphatic carbocycles. The van der Waals surface area contributed by atoms with E-state index in [1.165, 1.54) is 15.6 Å². The zero-order valence-corrected chi connectivity index (χ0v) is 16.6. The number of aryl methyl sites for hydroxylation is 1. The quantitative estimate of drug-likeness (QED) is 0.634. The number of carbonyl (C=O) groups excluding carboxylic acids is 2. The number of sulfonamides is 1. The van der Waals surface area contributed by atoms with Gasteiger partial charge in [-0.05, 0) is 31.9 Å². The molecule has 0 bridgehead atoms. The van der Waals surface area contributed by atoms with E-state index in [-0.39, 0.29) is 5.91 Å². The molecule has 1 fully saturated rings. The third-order valence-electron chi connectivity index (χ3n) is 4.27. The summed E-state index contributed by atoms with van der Waals surface area (Å²) in [4.78, 5) is 25.5. The summed E-state index contributed by atoms with van der Waals surface area (Å²) >= 11 is 1.27. The predicted molar refractivity (Wildman–Crippen MR) is 100 cm³/mol. The Morgan fingerprint density at radius 1 is 1.15 bits per heavy atom. The molecule has 8 nitrogen and oxygen atoms in total. The van der Waals surface area contributed by atoms with Crippen LogP contribution in [0.5, 0.6) is 0 Å². The van der Waals surface area contributed by atoms with Crippen LogP contribution in [0.4, 0.5) is 4.79 Å². The topological polar surface area (TPSA) is 113 Å². The van der Waals surface area contributed by atoms with Crippen molar-refractivity contribution < 1.29 is 18.0 Å². The summed E-state index contributed by atoms with van der Waals surface area (Å²) in [5.74, 6) is 0.0527. The van der Waals surface area contributed by atoms with Gasteiger partial charge in [-0.25, -0.2) is 13.2 Å². The van der Waals surface area contributed by atoms with Crippen molar-refractivity contribution in [1.82, 2.24) is 14.5 Å². The van der Waals surface area contributed by atoms with Crippen LogP contribution in [-0.4, -0.2) is 62.3 Å². The monoisotopic (exact) mass is 402 g/mol. The van der Waals surface area contributed by atoms with Crippen LogP contribution in [0.15, 0.2) is 16.3 Å². The summed E-state index contributed by atoms with van der Waals surface area (Å²) in [7, 11) is -3.46. The summed E-state index contributed by atoms with van der Waals surface area (Å²) in [5, 5.41) is 2.51. The average Bonchev–Trinajstić information content (AvgIpc) is 3.05. The number of thiophene rings is 1. The maximum Gasteiger partial charge on any atom is 0.312 e. The molecule has 1 aliphatic heterocycles. The van der Waals surface area contributed by atoms with Gasteiger partial charge in [-0.1, -0.05) is 6.42 Å². The van der Waals surface area contributed by atoms with Crippen LogP contribution < -0.4 is 11.1 Å². The first-order valence-corrected chi connectivity index (χ1v) is 10.9. The molecule has 146 valence electrons. The van der Waals surface area contributed by atoms with Crippen molar-refractivity contribution in [3.8, 4) is 0 Å². The Morgan fingerprint density at radius 2 is 1.85 bits per heavy atom. The van der Waals surface area contributed by atoms with Crippen molar-refractivity contribution in [2.24, 2.45) is 5.73 Å². The fourth-order valence-corrected chi connectivity index (χ4v) is 5.66. The number of primary amides is 1. The van der Waals surface area contributed by atoms with Crippen molar-refractivity contribution in [2.75, 3.05) is 32.7 Å². The van der Waals surface area contributed by atoms with E-state index in [2.05, 4.69) is 5.32 Å². The number of hydrogen-bond acceptors (Lipinski definition) is 5. The van der Waals surface area contributed by atoms with E-state index in [4.69, 9.17) is 5.73 Å². The largest absolute Gasteiger partial charge is 0.352 e. The van der Waals surface area contributed by atoms with Crippen LogP contribution in [0.1, 0.15) is 30.6 Å². The van der Waals surface area contributed by atoms with Crippen LogP contribution in [0.25, 0.3) is 0 Å². The fourth-order valence-electron chi connectivity index (χ4n) is 2.80. The molecule has 0 spiro atoms. The molecule has 0 radical (unpaired) electrons. The van der Waals surface area contributed by atoms with Gasteiger partial charge in [0.15, 0.2) is 0 Å². The summed E-state index contributed by atoms with van der Waals surface area (Å²) in [6.45, 7) is 3.89.